The van der Waals surface area contributed by atoms with Crippen molar-refractivity contribution < 1.29 is 4.79 Å². The van der Waals surface area contributed by atoms with E-state index < -0.39 is 0 Å². The molecule has 6 heteroatoms. The Bertz CT molecular complexity index is 703. The molecule has 0 radical (unpaired) electrons. The molecule has 120 valence electrons. The first-order valence-electron chi connectivity index (χ1n) is 7.35. The highest BCUT2D eigenvalue weighted by Crippen LogP contribution is 2.29. The average Bonchev–Trinajstić information content (AvgIpc) is 2.94. The van der Waals surface area contributed by atoms with Crippen molar-refractivity contribution in [2.75, 3.05) is 11.4 Å². The fourth-order valence-corrected chi connectivity index (χ4v) is 4.11. The second-order valence-corrected chi connectivity index (χ2v) is 7.69. The van der Waals surface area contributed by atoms with Crippen molar-refractivity contribution in [2.45, 2.75) is 36.8 Å². The van der Waals surface area contributed by atoms with Crippen LogP contribution >= 0.6 is 23.1 Å². The van der Waals surface area contributed by atoms with Gasteiger partial charge in [0.2, 0.25) is 5.91 Å². The first-order chi connectivity index (χ1) is 11.0. The van der Waals surface area contributed by atoms with Crippen LogP contribution in [-0.2, 0) is 4.79 Å². The third kappa shape index (κ3) is 4.81. The molecule has 0 aliphatic carbocycles. The summed E-state index contributed by atoms with van der Waals surface area (Å²) in [6.45, 7) is 6.24. The van der Waals surface area contributed by atoms with Crippen LogP contribution in [0.4, 0.5) is 5.69 Å². The van der Waals surface area contributed by atoms with Crippen LogP contribution in [0.5, 0.6) is 0 Å². The fourth-order valence-electron chi connectivity index (χ4n) is 2.06. The molecule has 0 N–H and O–H groups in total. The Labute approximate surface area is 145 Å². The summed E-state index contributed by atoms with van der Waals surface area (Å²) in [4.78, 5) is 18.9. The number of hydrogen-bond acceptors (Lipinski definition) is 5. The van der Waals surface area contributed by atoms with E-state index in [0.29, 0.717) is 13.0 Å². The number of rotatable bonds is 6. The number of aromatic nitrogens is 1. The lowest BCUT2D eigenvalue weighted by Crippen LogP contribution is -2.37. The maximum Gasteiger partial charge on any atom is 0.240 e. The summed E-state index contributed by atoms with van der Waals surface area (Å²) in [5, 5.41) is 10.6. The maximum atomic E-state index is 12.8. The van der Waals surface area contributed by atoms with Crippen LogP contribution < -0.4 is 4.90 Å². The molecule has 23 heavy (non-hydrogen) atoms. The molecule has 1 aromatic carbocycles. The minimum Gasteiger partial charge on any atom is -0.310 e. The number of anilines is 1. The smallest absolute Gasteiger partial charge is 0.240 e. The minimum absolute atomic E-state index is 0.00181. The SMILES string of the molecule is Cc1ccc(N(CCC#N)C(=O)C(C)Sc2nc(C)cs2)cc1. The van der Waals surface area contributed by atoms with Crippen LogP contribution in [0.25, 0.3) is 0 Å². The Balaban J connectivity index is 2.15. The normalized spacial score (nSPS) is 11.7. The van der Waals surface area contributed by atoms with Gasteiger partial charge < -0.3 is 4.90 Å². The minimum atomic E-state index is -0.249. The Kier molecular flexibility index (Phi) is 6.20. The number of carbonyl (C=O) groups excluding carboxylic acids is 1. The molecule has 0 fully saturated rings. The van der Waals surface area contributed by atoms with Crippen LogP contribution in [0.1, 0.15) is 24.6 Å². The number of amides is 1. The molecule has 0 spiro atoms. The van der Waals surface area contributed by atoms with Gasteiger partial charge in [0, 0.05) is 23.3 Å². The zero-order valence-corrected chi connectivity index (χ0v) is 15.1. The highest BCUT2D eigenvalue weighted by Gasteiger charge is 2.23. The molecule has 0 saturated carbocycles. The highest BCUT2D eigenvalue weighted by molar-refractivity contribution is 8.02. The van der Waals surface area contributed by atoms with Gasteiger partial charge in [-0.3, -0.25) is 4.79 Å². The predicted octanol–water partition coefficient (Wildman–Crippen LogP) is 4.19. The number of hydrogen-bond donors (Lipinski definition) is 0. The van der Waals surface area contributed by atoms with Crippen molar-refractivity contribution in [1.29, 1.82) is 5.26 Å². The molecule has 2 rings (SSSR count). The average molecular weight is 345 g/mol. The zero-order chi connectivity index (χ0) is 16.8. The monoisotopic (exact) mass is 345 g/mol. The molecule has 0 aliphatic heterocycles. The first kappa shape index (κ1) is 17.5. The van der Waals surface area contributed by atoms with E-state index in [0.717, 1.165) is 21.3 Å². The van der Waals surface area contributed by atoms with Gasteiger partial charge in [-0.25, -0.2) is 4.98 Å². The molecule has 1 unspecified atom stereocenters. The number of benzene rings is 1. The Morgan fingerprint density at radius 2 is 2.09 bits per heavy atom. The number of nitrogens with zero attached hydrogens (tertiary/aromatic N) is 3. The summed E-state index contributed by atoms with van der Waals surface area (Å²) < 4.78 is 0.896. The molecule has 1 atom stereocenters. The summed E-state index contributed by atoms with van der Waals surface area (Å²) in [5.41, 5.74) is 2.94. The van der Waals surface area contributed by atoms with Crippen LogP contribution in [0.15, 0.2) is 34.0 Å². The predicted molar refractivity (Wildman–Crippen MR) is 95.9 cm³/mol. The molecule has 1 heterocycles. The van der Waals surface area contributed by atoms with E-state index in [4.69, 9.17) is 5.26 Å². The molecule has 0 bridgehead atoms. The van der Waals surface area contributed by atoms with Crippen molar-refractivity contribution in [3.63, 3.8) is 0 Å². The molecule has 1 aromatic heterocycles. The fraction of sp³-hybridized carbons (Fsp3) is 0.353. The van der Waals surface area contributed by atoms with Crippen LogP contribution in [0.3, 0.4) is 0 Å². The standard InChI is InChI=1S/C17H19N3OS2/c1-12-5-7-15(8-6-12)20(10-4-9-18)16(21)14(3)23-17-19-13(2)11-22-17/h5-8,11,14H,4,10H2,1-3H3. The number of thioether (sulfide) groups is 1. The van der Waals surface area contributed by atoms with Gasteiger partial charge in [-0.05, 0) is 32.9 Å². The first-order valence-corrected chi connectivity index (χ1v) is 9.11. The van der Waals surface area contributed by atoms with Gasteiger partial charge in [0.15, 0.2) is 4.34 Å². The third-order valence-corrected chi connectivity index (χ3v) is 5.46. The Hall–Kier alpha value is -1.84. The molecule has 0 saturated heterocycles. The molecule has 1 amide bonds. The van der Waals surface area contributed by atoms with Crippen LogP contribution in [0, 0.1) is 25.2 Å². The van der Waals surface area contributed by atoms with E-state index in [2.05, 4.69) is 11.1 Å². The van der Waals surface area contributed by atoms with Gasteiger partial charge in [-0.15, -0.1) is 11.3 Å². The van der Waals surface area contributed by atoms with E-state index >= 15 is 0 Å². The number of nitriles is 1. The summed E-state index contributed by atoms with van der Waals surface area (Å²) in [6, 6.07) is 9.92. The maximum absolute atomic E-state index is 12.8. The lowest BCUT2D eigenvalue weighted by atomic mass is 10.2. The quantitative estimate of drug-likeness (QED) is 0.737. The van der Waals surface area contributed by atoms with E-state index in [9.17, 15) is 4.79 Å². The summed E-state index contributed by atoms with van der Waals surface area (Å²) >= 11 is 3.02. The molecule has 0 aliphatic rings. The summed E-state index contributed by atoms with van der Waals surface area (Å²) in [5.74, 6) is 0.00181. The van der Waals surface area contributed by atoms with Crippen molar-refractivity contribution >= 4 is 34.7 Å². The molecular formula is C17H19N3OS2. The van der Waals surface area contributed by atoms with Crippen molar-refractivity contribution in [3.8, 4) is 6.07 Å². The van der Waals surface area contributed by atoms with Crippen LogP contribution in [0.2, 0.25) is 0 Å². The largest absolute Gasteiger partial charge is 0.310 e. The highest BCUT2D eigenvalue weighted by atomic mass is 32.2. The molecular weight excluding hydrogens is 326 g/mol. The lowest BCUT2D eigenvalue weighted by Gasteiger charge is -2.24. The van der Waals surface area contributed by atoms with E-state index in [1.165, 1.54) is 11.8 Å². The van der Waals surface area contributed by atoms with Crippen molar-refractivity contribution in [2.24, 2.45) is 0 Å². The van der Waals surface area contributed by atoms with Gasteiger partial charge in [-0.1, -0.05) is 29.5 Å². The summed E-state index contributed by atoms with van der Waals surface area (Å²) in [6.07, 6.45) is 0.313. The van der Waals surface area contributed by atoms with Crippen molar-refractivity contribution in [1.82, 2.24) is 4.98 Å². The Morgan fingerprint density at radius 3 is 2.65 bits per heavy atom. The van der Waals surface area contributed by atoms with Gasteiger partial charge >= 0.3 is 0 Å². The number of aryl methyl sites for hydroxylation is 2. The lowest BCUT2D eigenvalue weighted by molar-refractivity contribution is -0.117. The summed E-state index contributed by atoms with van der Waals surface area (Å²) in [7, 11) is 0. The van der Waals surface area contributed by atoms with E-state index in [1.807, 2.05) is 50.4 Å². The van der Waals surface area contributed by atoms with Crippen LogP contribution in [-0.4, -0.2) is 22.7 Å². The van der Waals surface area contributed by atoms with Gasteiger partial charge in [0.25, 0.3) is 0 Å². The van der Waals surface area contributed by atoms with E-state index in [-0.39, 0.29) is 11.2 Å². The number of carbonyl (C=O) groups is 1. The second kappa shape index (κ2) is 8.14. The third-order valence-electron chi connectivity index (χ3n) is 3.28. The van der Waals surface area contributed by atoms with Gasteiger partial charge in [0.05, 0.1) is 17.7 Å². The molecule has 2 aromatic rings. The van der Waals surface area contributed by atoms with Crippen molar-refractivity contribution in [3.05, 3.63) is 40.9 Å². The van der Waals surface area contributed by atoms with Gasteiger partial charge in [0.1, 0.15) is 0 Å². The number of thiazole rings is 1. The zero-order valence-electron chi connectivity index (χ0n) is 13.4. The van der Waals surface area contributed by atoms with E-state index in [1.54, 1.807) is 16.2 Å². The van der Waals surface area contributed by atoms with Gasteiger partial charge in [-0.2, -0.15) is 5.26 Å². The Morgan fingerprint density at radius 1 is 1.39 bits per heavy atom. The topological polar surface area (TPSA) is 57.0 Å². The second-order valence-electron chi connectivity index (χ2n) is 5.25. The molecule has 4 nitrogen and oxygen atoms in total.